The number of urea groups is 1. The second-order valence-electron chi connectivity index (χ2n) is 8.44. The molecule has 1 saturated heterocycles. The van der Waals surface area contributed by atoms with Gasteiger partial charge >= 0.3 is 6.03 Å². The van der Waals surface area contributed by atoms with Crippen molar-refractivity contribution < 1.29 is 9.53 Å². The standard InChI is InChI=1S/C28H27N5O2/c1-21-7-5-6-10-25(21)26-15-16-27(31-30-26)32-17-19-33(20-18-32)28(34)29-22-11-13-24(14-12-22)35-23-8-3-2-4-9-23/h2-16H,17-20H2,1H3,(H,29,34). The number of aromatic nitrogens is 2. The van der Waals surface area contributed by atoms with Crippen molar-refractivity contribution in [3.05, 3.63) is 96.6 Å². The predicted octanol–water partition coefficient (Wildman–Crippen LogP) is 5.60. The van der Waals surface area contributed by atoms with Gasteiger partial charge in [-0.25, -0.2) is 4.79 Å². The summed E-state index contributed by atoms with van der Waals surface area (Å²) in [6, 6.07) is 29.0. The number of para-hydroxylation sites is 1. The zero-order valence-corrected chi connectivity index (χ0v) is 19.6. The van der Waals surface area contributed by atoms with E-state index in [0.29, 0.717) is 26.2 Å². The van der Waals surface area contributed by atoms with E-state index in [2.05, 4.69) is 39.5 Å². The van der Waals surface area contributed by atoms with E-state index in [1.54, 1.807) is 0 Å². The van der Waals surface area contributed by atoms with Crippen LogP contribution in [0.3, 0.4) is 0 Å². The molecule has 7 nitrogen and oxygen atoms in total. The quantitative estimate of drug-likeness (QED) is 0.416. The van der Waals surface area contributed by atoms with E-state index in [0.717, 1.165) is 34.3 Å². The van der Waals surface area contributed by atoms with Crippen molar-refractivity contribution in [1.82, 2.24) is 15.1 Å². The maximum atomic E-state index is 12.8. The first-order chi connectivity index (χ1) is 17.2. The fourth-order valence-electron chi connectivity index (χ4n) is 4.07. The highest BCUT2D eigenvalue weighted by Gasteiger charge is 2.22. The Morgan fingerprint density at radius 3 is 2.14 bits per heavy atom. The number of hydrogen-bond donors (Lipinski definition) is 1. The number of nitrogens with zero attached hydrogens (tertiary/aromatic N) is 4. The molecule has 1 aromatic heterocycles. The third kappa shape index (κ3) is 5.41. The van der Waals surface area contributed by atoms with Gasteiger partial charge in [-0.3, -0.25) is 0 Å². The van der Waals surface area contributed by atoms with Crippen molar-refractivity contribution in [2.45, 2.75) is 6.92 Å². The summed E-state index contributed by atoms with van der Waals surface area (Å²) in [6.07, 6.45) is 0. The molecule has 1 aliphatic rings. The summed E-state index contributed by atoms with van der Waals surface area (Å²) >= 11 is 0. The lowest BCUT2D eigenvalue weighted by Gasteiger charge is -2.35. The van der Waals surface area contributed by atoms with Gasteiger partial charge in [-0.15, -0.1) is 10.2 Å². The molecule has 5 rings (SSSR count). The molecule has 1 aliphatic heterocycles. The van der Waals surface area contributed by atoms with Gasteiger partial charge in [-0.2, -0.15) is 0 Å². The van der Waals surface area contributed by atoms with Crippen LogP contribution in [0.15, 0.2) is 91.0 Å². The van der Waals surface area contributed by atoms with Crippen molar-refractivity contribution in [2.24, 2.45) is 0 Å². The number of hydrogen-bond acceptors (Lipinski definition) is 5. The fourth-order valence-corrected chi connectivity index (χ4v) is 4.07. The zero-order chi connectivity index (χ0) is 24.0. The van der Waals surface area contributed by atoms with Gasteiger partial charge in [0.05, 0.1) is 5.69 Å². The number of anilines is 2. The molecule has 0 saturated carbocycles. The van der Waals surface area contributed by atoms with Gasteiger partial charge < -0.3 is 19.9 Å². The Hall–Kier alpha value is -4.39. The van der Waals surface area contributed by atoms with Crippen LogP contribution in [0.2, 0.25) is 0 Å². The number of rotatable bonds is 5. The summed E-state index contributed by atoms with van der Waals surface area (Å²) in [5.74, 6) is 2.32. The van der Waals surface area contributed by atoms with Gasteiger partial charge in [-0.05, 0) is 61.0 Å². The Morgan fingerprint density at radius 1 is 0.771 bits per heavy atom. The minimum atomic E-state index is -0.109. The van der Waals surface area contributed by atoms with Crippen LogP contribution in [0.4, 0.5) is 16.3 Å². The van der Waals surface area contributed by atoms with E-state index in [1.807, 2.05) is 83.8 Å². The first-order valence-corrected chi connectivity index (χ1v) is 11.7. The smallest absolute Gasteiger partial charge is 0.321 e. The number of carbonyl (C=O) groups is 1. The van der Waals surface area contributed by atoms with Crippen molar-refractivity contribution in [1.29, 1.82) is 0 Å². The van der Waals surface area contributed by atoms with Gasteiger partial charge in [0.1, 0.15) is 11.5 Å². The van der Waals surface area contributed by atoms with Gasteiger partial charge in [-0.1, -0.05) is 42.5 Å². The first-order valence-electron chi connectivity index (χ1n) is 11.7. The summed E-state index contributed by atoms with van der Waals surface area (Å²) in [5, 5.41) is 11.8. The lowest BCUT2D eigenvalue weighted by atomic mass is 10.1. The minimum Gasteiger partial charge on any atom is -0.457 e. The highest BCUT2D eigenvalue weighted by molar-refractivity contribution is 5.89. The molecule has 1 N–H and O–H groups in total. The van der Waals surface area contributed by atoms with E-state index < -0.39 is 0 Å². The Labute approximate surface area is 205 Å². The molecule has 176 valence electrons. The van der Waals surface area contributed by atoms with Gasteiger partial charge in [0, 0.05) is 37.4 Å². The number of benzene rings is 3. The van der Waals surface area contributed by atoms with E-state index in [1.165, 1.54) is 5.56 Å². The van der Waals surface area contributed by atoms with E-state index in [4.69, 9.17) is 4.74 Å². The van der Waals surface area contributed by atoms with Gasteiger partial charge in [0.15, 0.2) is 5.82 Å². The highest BCUT2D eigenvalue weighted by Crippen LogP contribution is 2.24. The number of amides is 2. The Bertz CT molecular complexity index is 1270. The average Bonchev–Trinajstić information content (AvgIpc) is 2.91. The number of ether oxygens (including phenoxy) is 1. The summed E-state index contributed by atoms with van der Waals surface area (Å²) < 4.78 is 5.81. The largest absolute Gasteiger partial charge is 0.457 e. The predicted molar refractivity (Wildman–Crippen MR) is 138 cm³/mol. The van der Waals surface area contributed by atoms with E-state index in [9.17, 15) is 4.79 Å². The summed E-state index contributed by atoms with van der Waals surface area (Å²) in [4.78, 5) is 16.7. The number of aryl methyl sites for hydroxylation is 1. The van der Waals surface area contributed by atoms with Crippen molar-refractivity contribution >= 4 is 17.5 Å². The van der Waals surface area contributed by atoms with Crippen LogP contribution in [0, 0.1) is 6.92 Å². The van der Waals surface area contributed by atoms with Gasteiger partial charge in [0.2, 0.25) is 0 Å². The van der Waals surface area contributed by atoms with Crippen molar-refractivity contribution in [3.63, 3.8) is 0 Å². The van der Waals surface area contributed by atoms with Crippen molar-refractivity contribution in [2.75, 3.05) is 36.4 Å². The van der Waals surface area contributed by atoms with Crippen LogP contribution in [0.5, 0.6) is 11.5 Å². The van der Waals surface area contributed by atoms with Crippen LogP contribution < -0.4 is 15.0 Å². The molecule has 1 fully saturated rings. The molecule has 2 amide bonds. The maximum absolute atomic E-state index is 12.8. The summed E-state index contributed by atoms with van der Waals surface area (Å²) in [6.45, 7) is 4.71. The summed E-state index contributed by atoms with van der Waals surface area (Å²) in [7, 11) is 0. The molecule has 7 heteroatoms. The lowest BCUT2D eigenvalue weighted by molar-refractivity contribution is 0.208. The van der Waals surface area contributed by atoms with Crippen LogP contribution in [-0.2, 0) is 0 Å². The molecular formula is C28H27N5O2. The fraction of sp³-hybridized carbons (Fsp3) is 0.179. The third-order valence-electron chi connectivity index (χ3n) is 6.05. The molecule has 0 unspecified atom stereocenters. The minimum absolute atomic E-state index is 0.109. The Morgan fingerprint density at radius 2 is 1.46 bits per heavy atom. The molecular weight excluding hydrogens is 438 g/mol. The van der Waals surface area contributed by atoms with E-state index in [-0.39, 0.29) is 6.03 Å². The number of nitrogens with one attached hydrogen (secondary N) is 1. The lowest BCUT2D eigenvalue weighted by Crippen LogP contribution is -2.50. The monoisotopic (exact) mass is 465 g/mol. The van der Waals surface area contributed by atoms with Gasteiger partial charge in [0.25, 0.3) is 0 Å². The van der Waals surface area contributed by atoms with E-state index >= 15 is 0 Å². The van der Waals surface area contributed by atoms with Crippen LogP contribution in [0.25, 0.3) is 11.3 Å². The molecule has 2 heterocycles. The summed E-state index contributed by atoms with van der Waals surface area (Å²) in [5.41, 5.74) is 3.86. The molecule has 0 radical (unpaired) electrons. The first kappa shape index (κ1) is 22.4. The third-order valence-corrected chi connectivity index (χ3v) is 6.05. The second kappa shape index (κ2) is 10.3. The Balaban J connectivity index is 1.13. The second-order valence-corrected chi connectivity index (χ2v) is 8.44. The normalized spacial score (nSPS) is 13.4. The zero-order valence-electron chi connectivity index (χ0n) is 19.6. The maximum Gasteiger partial charge on any atom is 0.321 e. The Kier molecular flexibility index (Phi) is 6.57. The molecule has 35 heavy (non-hydrogen) atoms. The molecule has 0 aliphatic carbocycles. The molecule has 0 atom stereocenters. The number of carbonyl (C=O) groups excluding carboxylic acids is 1. The topological polar surface area (TPSA) is 70.6 Å². The number of piperazine rings is 1. The molecule has 3 aromatic carbocycles. The molecule has 4 aromatic rings. The molecule has 0 bridgehead atoms. The van der Waals surface area contributed by atoms with Crippen LogP contribution in [-0.4, -0.2) is 47.3 Å². The average molecular weight is 466 g/mol. The van der Waals surface area contributed by atoms with Crippen LogP contribution >= 0.6 is 0 Å². The van der Waals surface area contributed by atoms with Crippen molar-refractivity contribution in [3.8, 4) is 22.8 Å². The SMILES string of the molecule is Cc1ccccc1-c1ccc(N2CCN(C(=O)Nc3ccc(Oc4ccccc4)cc3)CC2)nn1. The molecule has 0 spiro atoms. The van der Waals surface area contributed by atoms with Crippen LogP contribution in [0.1, 0.15) is 5.56 Å². The highest BCUT2D eigenvalue weighted by atomic mass is 16.5.